The van der Waals surface area contributed by atoms with E-state index in [9.17, 15) is 4.79 Å². The summed E-state index contributed by atoms with van der Waals surface area (Å²) in [6, 6.07) is 10.7. The van der Waals surface area contributed by atoms with Gasteiger partial charge >= 0.3 is 5.97 Å². The number of rotatable bonds is 8. The molecule has 1 fully saturated rings. The highest BCUT2D eigenvalue weighted by atomic mass is 16.5. The molecule has 3 aromatic rings. The number of ether oxygens (including phenoxy) is 5. The first-order valence-corrected chi connectivity index (χ1v) is 10.3. The molecule has 0 aliphatic carbocycles. The molecule has 1 aromatic heterocycles. The van der Waals surface area contributed by atoms with E-state index in [0.717, 1.165) is 42.7 Å². The maximum absolute atomic E-state index is 12.0. The van der Waals surface area contributed by atoms with Crippen LogP contribution in [-0.4, -0.2) is 55.4 Å². The van der Waals surface area contributed by atoms with Gasteiger partial charge in [-0.3, -0.25) is 4.68 Å². The van der Waals surface area contributed by atoms with Crippen LogP contribution in [-0.2, 0) is 21.3 Å². The topological polar surface area (TPSA) is 81.0 Å². The van der Waals surface area contributed by atoms with Crippen molar-refractivity contribution in [1.29, 1.82) is 0 Å². The van der Waals surface area contributed by atoms with E-state index in [1.807, 2.05) is 31.3 Å². The number of aromatic nitrogens is 2. The SMILES string of the molecule is COC(=O)c1cc(Oc2ccc(OCCOC3CCOCC3)cc2)c2c(cnn2C)c1. The predicted molar refractivity (Wildman–Crippen MR) is 114 cm³/mol. The van der Waals surface area contributed by atoms with Crippen LogP contribution >= 0.6 is 0 Å². The van der Waals surface area contributed by atoms with Crippen LogP contribution in [0, 0.1) is 0 Å². The third-order valence-electron chi connectivity index (χ3n) is 5.14. The van der Waals surface area contributed by atoms with Gasteiger partial charge in [0.15, 0.2) is 5.75 Å². The van der Waals surface area contributed by atoms with E-state index in [2.05, 4.69) is 5.10 Å². The van der Waals surface area contributed by atoms with E-state index < -0.39 is 5.97 Å². The van der Waals surface area contributed by atoms with E-state index in [4.69, 9.17) is 23.7 Å². The summed E-state index contributed by atoms with van der Waals surface area (Å²) >= 11 is 0. The molecule has 8 heteroatoms. The second kappa shape index (κ2) is 9.80. The number of fused-ring (bicyclic) bond motifs is 1. The van der Waals surface area contributed by atoms with Gasteiger partial charge in [0.05, 0.1) is 31.6 Å². The molecular weight excluding hydrogens is 400 g/mol. The Labute approximate surface area is 180 Å². The maximum Gasteiger partial charge on any atom is 0.338 e. The zero-order valence-corrected chi connectivity index (χ0v) is 17.7. The van der Waals surface area contributed by atoms with E-state index in [0.29, 0.717) is 30.3 Å². The third kappa shape index (κ3) is 5.15. The van der Waals surface area contributed by atoms with Crippen molar-refractivity contribution >= 4 is 16.9 Å². The van der Waals surface area contributed by atoms with Crippen molar-refractivity contribution in [2.75, 3.05) is 33.5 Å². The van der Waals surface area contributed by atoms with E-state index in [1.54, 1.807) is 23.0 Å². The molecule has 0 N–H and O–H groups in total. The minimum absolute atomic E-state index is 0.262. The van der Waals surface area contributed by atoms with Crippen molar-refractivity contribution in [3.8, 4) is 17.2 Å². The number of hydrogen-bond acceptors (Lipinski definition) is 7. The van der Waals surface area contributed by atoms with E-state index in [1.165, 1.54) is 7.11 Å². The van der Waals surface area contributed by atoms with Crippen LogP contribution in [0.3, 0.4) is 0 Å². The van der Waals surface area contributed by atoms with Crippen LogP contribution in [0.15, 0.2) is 42.6 Å². The fourth-order valence-electron chi connectivity index (χ4n) is 3.54. The van der Waals surface area contributed by atoms with Gasteiger partial charge in [0, 0.05) is 25.6 Å². The van der Waals surface area contributed by atoms with Crippen molar-refractivity contribution in [2.24, 2.45) is 7.05 Å². The lowest BCUT2D eigenvalue weighted by Crippen LogP contribution is -2.25. The first-order valence-electron chi connectivity index (χ1n) is 10.3. The summed E-state index contributed by atoms with van der Waals surface area (Å²) in [5.74, 6) is 1.45. The van der Waals surface area contributed by atoms with Crippen molar-refractivity contribution in [2.45, 2.75) is 18.9 Å². The number of aryl methyl sites for hydroxylation is 1. The normalized spacial score (nSPS) is 14.5. The quantitative estimate of drug-likeness (QED) is 0.401. The second-order valence-corrected chi connectivity index (χ2v) is 7.28. The van der Waals surface area contributed by atoms with Crippen LogP contribution in [0.4, 0.5) is 0 Å². The van der Waals surface area contributed by atoms with Crippen LogP contribution in [0.5, 0.6) is 17.2 Å². The zero-order valence-electron chi connectivity index (χ0n) is 17.7. The van der Waals surface area contributed by atoms with Crippen LogP contribution in [0.25, 0.3) is 10.9 Å². The number of hydrogen-bond donors (Lipinski definition) is 0. The van der Waals surface area contributed by atoms with Crippen LogP contribution in [0.1, 0.15) is 23.2 Å². The summed E-state index contributed by atoms with van der Waals surface area (Å²) in [5.41, 5.74) is 1.20. The van der Waals surface area contributed by atoms with Gasteiger partial charge in [-0.15, -0.1) is 0 Å². The summed E-state index contributed by atoms with van der Waals surface area (Å²) < 4.78 is 29.5. The summed E-state index contributed by atoms with van der Waals surface area (Å²) in [5, 5.41) is 5.06. The zero-order chi connectivity index (χ0) is 21.6. The molecule has 0 saturated carbocycles. The number of carbonyl (C=O) groups excluding carboxylic acids is 1. The molecule has 8 nitrogen and oxygen atoms in total. The average molecular weight is 426 g/mol. The molecule has 1 aliphatic rings. The molecule has 1 saturated heterocycles. The molecule has 2 aromatic carbocycles. The first kappa shape index (κ1) is 21.1. The molecule has 2 heterocycles. The van der Waals surface area contributed by atoms with Gasteiger partial charge in [-0.05, 0) is 49.2 Å². The Kier molecular flexibility index (Phi) is 6.69. The molecule has 1 aliphatic heterocycles. The fourth-order valence-corrected chi connectivity index (χ4v) is 3.54. The van der Waals surface area contributed by atoms with Gasteiger partial charge < -0.3 is 23.7 Å². The lowest BCUT2D eigenvalue weighted by atomic mass is 10.1. The molecule has 0 spiro atoms. The van der Waals surface area contributed by atoms with Gasteiger partial charge in [0.2, 0.25) is 0 Å². The number of esters is 1. The minimum atomic E-state index is -0.428. The maximum atomic E-state index is 12.0. The molecule has 0 atom stereocenters. The molecule has 0 radical (unpaired) electrons. The van der Waals surface area contributed by atoms with Gasteiger partial charge in [-0.1, -0.05) is 0 Å². The molecular formula is C23H26N2O6. The Morgan fingerprint density at radius 1 is 1.13 bits per heavy atom. The van der Waals surface area contributed by atoms with Crippen molar-refractivity contribution < 1.29 is 28.5 Å². The minimum Gasteiger partial charge on any atom is -0.491 e. The number of methoxy groups -OCH3 is 1. The Hall–Kier alpha value is -3.10. The van der Waals surface area contributed by atoms with Crippen LogP contribution in [0.2, 0.25) is 0 Å². The Morgan fingerprint density at radius 2 is 1.87 bits per heavy atom. The molecule has 0 bridgehead atoms. The summed E-state index contributed by atoms with van der Waals surface area (Å²) in [6.45, 7) is 2.55. The number of carbonyl (C=O) groups is 1. The smallest absolute Gasteiger partial charge is 0.338 e. The molecule has 4 rings (SSSR count). The lowest BCUT2D eigenvalue weighted by molar-refractivity contribution is -0.0388. The highest BCUT2D eigenvalue weighted by Crippen LogP contribution is 2.32. The number of nitrogens with zero attached hydrogens (tertiary/aromatic N) is 2. The standard InChI is InChI=1S/C23H26N2O6/c1-25-22-17(15-24-25)13-16(23(26)27-2)14-21(22)31-20-5-3-18(4-6-20)29-11-12-30-19-7-9-28-10-8-19/h3-6,13-15,19H,7-12H2,1-2H3. The molecule has 0 amide bonds. The molecule has 31 heavy (non-hydrogen) atoms. The highest BCUT2D eigenvalue weighted by Gasteiger charge is 2.16. The van der Waals surface area contributed by atoms with E-state index >= 15 is 0 Å². The summed E-state index contributed by atoms with van der Waals surface area (Å²) in [6.07, 6.45) is 3.83. The predicted octanol–water partition coefficient (Wildman–Crippen LogP) is 3.73. The monoisotopic (exact) mass is 426 g/mol. The average Bonchev–Trinajstić information content (AvgIpc) is 3.19. The fraction of sp³-hybridized carbons (Fsp3) is 0.391. The van der Waals surface area contributed by atoms with E-state index in [-0.39, 0.29) is 6.10 Å². The summed E-state index contributed by atoms with van der Waals surface area (Å²) in [4.78, 5) is 12.0. The lowest BCUT2D eigenvalue weighted by Gasteiger charge is -2.22. The Morgan fingerprint density at radius 3 is 2.61 bits per heavy atom. The van der Waals surface area contributed by atoms with Crippen molar-refractivity contribution in [3.63, 3.8) is 0 Å². The van der Waals surface area contributed by atoms with Crippen LogP contribution < -0.4 is 9.47 Å². The van der Waals surface area contributed by atoms with Gasteiger partial charge in [0.1, 0.15) is 23.6 Å². The molecule has 164 valence electrons. The highest BCUT2D eigenvalue weighted by molar-refractivity contribution is 5.97. The van der Waals surface area contributed by atoms with Gasteiger partial charge in [-0.2, -0.15) is 5.10 Å². The third-order valence-corrected chi connectivity index (χ3v) is 5.14. The largest absolute Gasteiger partial charge is 0.491 e. The van der Waals surface area contributed by atoms with Crippen molar-refractivity contribution in [1.82, 2.24) is 9.78 Å². The number of benzene rings is 2. The van der Waals surface area contributed by atoms with Crippen molar-refractivity contribution in [3.05, 3.63) is 48.2 Å². The summed E-state index contributed by atoms with van der Waals surface area (Å²) in [7, 11) is 3.18. The Balaban J connectivity index is 1.39. The van der Waals surface area contributed by atoms with Gasteiger partial charge in [0.25, 0.3) is 0 Å². The molecule has 0 unspecified atom stereocenters. The second-order valence-electron chi connectivity index (χ2n) is 7.28. The Bertz CT molecular complexity index is 1020. The van der Waals surface area contributed by atoms with Gasteiger partial charge in [-0.25, -0.2) is 4.79 Å². The first-order chi connectivity index (χ1) is 15.1.